The van der Waals surface area contributed by atoms with Gasteiger partial charge >= 0.3 is 0 Å². The average Bonchev–Trinajstić information content (AvgIpc) is 2.63. The summed E-state index contributed by atoms with van der Waals surface area (Å²) in [5.74, 6) is -1.69. The second-order valence-electron chi connectivity index (χ2n) is 5.76. The van der Waals surface area contributed by atoms with E-state index in [2.05, 4.69) is 11.1 Å². The highest BCUT2D eigenvalue weighted by Crippen LogP contribution is 2.27. The molecular weight excluding hydrogens is 312 g/mol. The maximum atomic E-state index is 13.9. The quantitative estimate of drug-likeness (QED) is 0.812. The average molecular weight is 327 g/mol. The van der Waals surface area contributed by atoms with Crippen LogP contribution >= 0.6 is 0 Å². The first-order valence-corrected chi connectivity index (χ1v) is 7.69. The normalized spacial score (nSPS) is 17.4. The predicted octanol–water partition coefficient (Wildman–Crippen LogP) is 3.33. The van der Waals surface area contributed by atoms with Gasteiger partial charge in [-0.25, -0.2) is 13.8 Å². The lowest BCUT2D eigenvalue weighted by atomic mass is 9.89. The molecule has 1 aliphatic rings. The fourth-order valence-electron chi connectivity index (χ4n) is 3.03. The van der Waals surface area contributed by atoms with Crippen molar-refractivity contribution in [1.29, 1.82) is 5.26 Å². The van der Waals surface area contributed by atoms with Gasteiger partial charge in [0.25, 0.3) is 0 Å². The molecule has 4 nitrogen and oxygen atoms in total. The van der Waals surface area contributed by atoms with Crippen LogP contribution in [0.3, 0.4) is 0 Å². The van der Waals surface area contributed by atoms with Crippen LogP contribution in [0.15, 0.2) is 36.5 Å². The molecule has 0 saturated carbocycles. The zero-order valence-corrected chi connectivity index (χ0v) is 12.9. The van der Waals surface area contributed by atoms with Crippen molar-refractivity contribution in [2.75, 3.05) is 18.0 Å². The molecule has 0 bridgehead atoms. The monoisotopic (exact) mass is 327 g/mol. The lowest BCUT2D eigenvalue weighted by Gasteiger charge is -2.33. The van der Waals surface area contributed by atoms with Gasteiger partial charge in [0.15, 0.2) is 5.78 Å². The maximum Gasteiger partial charge on any atom is 0.170 e. The van der Waals surface area contributed by atoms with Crippen LogP contribution in [0.1, 0.15) is 28.8 Å². The summed E-state index contributed by atoms with van der Waals surface area (Å²) in [6.45, 7) is 1.00. The molecule has 0 amide bonds. The summed E-state index contributed by atoms with van der Waals surface area (Å²) in [7, 11) is 0. The molecule has 0 N–H and O–H groups in total. The third-order valence-electron chi connectivity index (χ3n) is 4.19. The smallest absolute Gasteiger partial charge is 0.170 e. The molecule has 122 valence electrons. The van der Waals surface area contributed by atoms with Gasteiger partial charge in [-0.2, -0.15) is 5.26 Å². The number of nitrogens with zero attached hydrogens (tertiary/aromatic N) is 3. The molecule has 1 fully saturated rings. The first kappa shape index (κ1) is 16.1. The number of anilines is 1. The number of carbonyl (C=O) groups excluding carboxylic acids is 1. The number of benzene rings is 1. The van der Waals surface area contributed by atoms with E-state index < -0.39 is 23.3 Å². The molecule has 2 aromatic rings. The topological polar surface area (TPSA) is 57.0 Å². The summed E-state index contributed by atoms with van der Waals surface area (Å²) >= 11 is 0. The van der Waals surface area contributed by atoms with Crippen LogP contribution in [0.4, 0.5) is 14.6 Å². The SMILES string of the molecule is N#Cc1cccnc1N1CCCC(C(=O)c2cc(F)ccc2F)C1. The fourth-order valence-corrected chi connectivity index (χ4v) is 3.03. The summed E-state index contributed by atoms with van der Waals surface area (Å²) < 4.78 is 27.2. The number of hydrogen-bond donors (Lipinski definition) is 0. The van der Waals surface area contributed by atoms with Gasteiger partial charge in [-0.1, -0.05) is 0 Å². The first-order valence-electron chi connectivity index (χ1n) is 7.69. The summed E-state index contributed by atoms with van der Waals surface area (Å²) in [6, 6.07) is 8.33. The Morgan fingerprint density at radius 2 is 2.17 bits per heavy atom. The lowest BCUT2D eigenvalue weighted by Crippen LogP contribution is -2.39. The van der Waals surface area contributed by atoms with Crippen molar-refractivity contribution in [1.82, 2.24) is 4.98 Å². The highest BCUT2D eigenvalue weighted by molar-refractivity contribution is 5.98. The Kier molecular flexibility index (Phi) is 4.52. The van der Waals surface area contributed by atoms with E-state index in [9.17, 15) is 18.8 Å². The van der Waals surface area contributed by atoms with Crippen molar-refractivity contribution >= 4 is 11.6 Å². The molecular formula is C18H15F2N3O. The minimum atomic E-state index is -0.714. The summed E-state index contributed by atoms with van der Waals surface area (Å²) in [5, 5.41) is 9.19. The molecule has 1 atom stereocenters. The Balaban J connectivity index is 1.84. The lowest BCUT2D eigenvalue weighted by molar-refractivity contribution is 0.0902. The number of piperidine rings is 1. The summed E-state index contributed by atoms with van der Waals surface area (Å²) in [4.78, 5) is 18.7. The molecule has 6 heteroatoms. The Hall–Kier alpha value is -2.81. The number of pyridine rings is 1. The van der Waals surface area contributed by atoms with Crippen molar-refractivity contribution in [3.63, 3.8) is 0 Å². The van der Waals surface area contributed by atoms with Crippen molar-refractivity contribution in [2.45, 2.75) is 12.8 Å². The molecule has 24 heavy (non-hydrogen) atoms. The molecule has 0 spiro atoms. The van der Waals surface area contributed by atoms with Crippen LogP contribution < -0.4 is 4.90 Å². The zero-order valence-electron chi connectivity index (χ0n) is 12.9. The summed E-state index contributed by atoms with van der Waals surface area (Å²) in [6.07, 6.45) is 2.91. The molecule has 1 aromatic heterocycles. The van der Waals surface area contributed by atoms with Crippen LogP contribution in [0.5, 0.6) is 0 Å². The van der Waals surface area contributed by atoms with Crippen molar-refractivity contribution in [3.8, 4) is 6.07 Å². The first-order chi connectivity index (χ1) is 11.6. The van der Waals surface area contributed by atoms with Gasteiger partial charge in [-0.15, -0.1) is 0 Å². The van der Waals surface area contributed by atoms with E-state index in [-0.39, 0.29) is 5.56 Å². The standard InChI is InChI=1S/C18H15F2N3O/c19-14-5-6-16(20)15(9-14)17(24)13-4-2-8-23(11-13)18-12(10-21)3-1-7-22-18/h1,3,5-7,9,13H,2,4,8,11H2. The molecule has 1 aliphatic heterocycles. The minimum Gasteiger partial charge on any atom is -0.355 e. The second-order valence-corrected chi connectivity index (χ2v) is 5.76. The number of Topliss-reactive ketones (excluding diaryl/α,β-unsaturated/α-hetero) is 1. The second kappa shape index (κ2) is 6.75. The van der Waals surface area contributed by atoms with E-state index in [0.29, 0.717) is 30.9 Å². The van der Waals surface area contributed by atoms with Crippen molar-refractivity contribution in [2.24, 2.45) is 5.92 Å². The van der Waals surface area contributed by atoms with E-state index in [4.69, 9.17) is 0 Å². The molecule has 1 unspecified atom stereocenters. The van der Waals surface area contributed by atoms with Crippen molar-refractivity contribution < 1.29 is 13.6 Å². The van der Waals surface area contributed by atoms with Crippen LogP contribution in [-0.2, 0) is 0 Å². The van der Waals surface area contributed by atoms with E-state index >= 15 is 0 Å². The molecule has 1 saturated heterocycles. The van der Waals surface area contributed by atoms with E-state index in [1.807, 2.05) is 4.90 Å². The van der Waals surface area contributed by atoms with Gasteiger partial charge in [-0.3, -0.25) is 4.79 Å². The van der Waals surface area contributed by atoms with Gasteiger partial charge in [0.2, 0.25) is 0 Å². The van der Waals surface area contributed by atoms with Crippen molar-refractivity contribution in [3.05, 3.63) is 59.3 Å². The highest BCUT2D eigenvalue weighted by atomic mass is 19.1. The molecule has 2 heterocycles. The largest absolute Gasteiger partial charge is 0.355 e. The number of nitriles is 1. The number of hydrogen-bond acceptors (Lipinski definition) is 4. The van der Waals surface area contributed by atoms with Crippen LogP contribution in [0.25, 0.3) is 0 Å². The van der Waals surface area contributed by atoms with E-state index in [1.165, 1.54) is 0 Å². The third kappa shape index (κ3) is 3.11. The fraction of sp³-hybridized carbons (Fsp3) is 0.278. The van der Waals surface area contributed by atoms with E-state index in [1.54, 1.807) is 18.3 Å². The Bertz CT molecular complexity index is 816. The van der Waals surface area contributed by atoms with Crippen LogP contribution in [0.2, 0.25) is 0 Å². The number of aromatic nitrogens is 1. The summed E-state index contributed by atoms with van der Waals surface area (Å²) in [5.41, 5.74) is 0.214. The Morgan fingerprint density at radius 1 is 1.33 bits per heavy atom. The minimum absolute atomic E-state index is 0.219. The number of carbonyl (C=O) groups is 1. The number of rotatable bonds is 3. The van der Waals surface area contributed by atoms with Crippen LogP contribution in [0, 0.1) is 28.9 Å². The van der Waals surface area contributed by atoms with E-state index in [0.717, 1.165) is 24.6 Å². The number of halogens is 2. The van der Waals surface area contributed by atoms with Gasteiger partial charge < -0.3 is 4.90 Å². The maximum absolute atomic E-state index is 13.9. The predicted molar refractivity (Wildman–Crippen MR) is 84.6 cm³/mol. The zero-order chi connectivity index (χ0) is 17.1. The molecule has 3 rings (SSSR count). The van der Waals surface area contributed by atoms with Gasteiger partial charge in [0.05, 0.1) is 11.1 Å². The van der Waals surface area contributed by atoms with Gasteiger partial charge in [0, 0.05) is 25.2 Å². The highest BCUT2D eigenvalue weighted by Gasteiger charge is 2.29. The Morgan fingerprint density at radius 3 is 2.96 bits per heavy atom. The van der Waals surface area contributed by atoms with Gasteiger partial charge in [-0.05, 0) is 43.2 Å². The number of ketones is 1. The van der Waals surface area contributed by atoms with Gasteiger partial charge in [0.1, 0.15) is 23.5 Å². The Labute approximate surface area is 138 Å². The molecule has 0 aliphatic carbocycles. The van der Waals surface area contributed by atoms with Crippen LogP contribution in [-0.4, -0.2) is 23.9 Å². The molecule has 0 radical (unpaired) electrons. The molecule has 1 aromatic carbocycles. The third-order valence-corrected chi connectivity index (χ3v) is 4.19.